The van der Waals surface area contributed by atoms with Crippen molar-refractivity contribution in [2.45, 2.75) is 19.6 Å². The van der Waals surface area contributed by atoms with Gasteiger partial charge in [0.15, 0.2) is 11.4 Å². The van der Waals surface area contributed by atoms with E-state index in [1.54, 1.807) is 24.3 Å². The lowest BCUT2D eigenvalue weighted by molar-refractivity contribution is -0.222. The highest BCUT2D eigenvalue weighted by Gasteiger charge is 2.38. The number of hydrogen-bond donors (Lipinski definition) is 2. The van der Waals surface area contributed by atoms with Crippen LogP contribution in [0.5, 0.6) is 0 Å². The number of aromatic amines is 1. The van der Waals surface area contributed by atoms with Crippen LogP contribution in [-0.2, 0) is 19.1 Å². The van der Waals surface area contributed by atoms with Gasteiger partial charge in [0.1, 0.15) is 0 Å². The maximum absolute atomic E-state index is 11.8. The van der Waals surface area contributed by atoms with Crippen molar-refractivity contribution < 1.29 is 23.6 Å². The summed E-state index contributed by atoms with van der Waals surface area (Å²) < 4.78 is 14.4. The van der Waals surface area contributed by atoms with Gasteiger partial charge in [-0.1, -0.05) is 5.16 Å². The molecule has 0 saturated carbocycles. The van der Waals surface area contributed by atoms with E-state index in [0.717, 1.165) is 0 Å². The number of cyclic esters (lactones) is 2. The smallest absolute Gasteiger partial charge is 0.419 e. The minimum absolute atomic E-state index is 0.237. The predicted octanol–water partition coefficient (Wildman–Crippen LogP) is 1.16. The summed E-state index contributed by atoms with van der Waals surface area (Å²) in [6.45, 7) is 2.94. The summed E-state index contributed by atoms with van der Waals surface area (Å²) >= 11 is 0. The van der Waals surface area contributed by atoms with E-state index in [1.165, 1.54) is 20.0 Å². The van der Waals surface area contributed by atoms with E-state index in [-0.39, 0.29) is 5.57 Å². The van der Waals surface area contributed by atoms with Crippen LogP contribution < -0.4 is 11.1 Å². The summed E-state index contributed by atoms with van der Waals surface area (Å²) in [4.78, 5) is 36.9. The summed E-state index contributed by atoms with van der Waals surface area (Å²) in [5.74, 6) is -3.15. The number of benzene rings is 1. The van der Waals surface area contributed by atoms with Crippen LogP contribution in [0.15, 0.2) is 45.4 Å². The minimum Gasteiger partial charge on any atom is -0.419 e. The summed E-state index contributed by atoms with van der Waals surface area (Å²) in [6, 6.07) is 6.69. The number of rotatable bonds is 3. The van der Waals surface area contributed by atoms with Crippen LogP contribution in [0.25, 0.3) is 11.4 Å². The third-order valence-electron chi connectivity index (χ3n) is 3.10. The maximum atomic E-state index is 11.8. The minimum atomic E-state index is -1.28. The number of aromatic nitrogens is 2. The number of carbonyl (C=O) groups excluding carboxylic acids is 2. The van der Waals surface area contributed by atoms with Crippen molar-refractivity contribution >= 4 is 17.6 Å². The Balaban J connectivity index is 1.74. The van der Waals surface area contributed by atoms with Crippen LogP contribution in [0.3, 0.4) is 0 Å². The molecule has 1 aliphatic rings. The summed E-state index contributed by atoms with van der Waals surface area (Å²) in [7, 11) is 0. The largest absolute Gasteiger partial charge is 0.439 e. The molecule has 1 fully saturated rings. The second-order valence-corrected chi connectivity index (χ2v) is 5.40. The topological polar surface area (TPSA) is 124 Å². The zero-order valence-corrected chi connectivity index (χ0v) is 12.8. The second kappa shape index (κ2) is 5.69. The maximum Gasteiger partial charge on any atom is 0.439 e. The lowest BCUT2D eigenvalue weighted by Gasteiger charge is -2.29. The fraction of sp³-hybridized carbons (Fsp3) is 0.200. The molecule has 124 valence electrons. The van der Waals surface area contributed by atoms with Crippen LogP contribution in [0.4, 0.5) is 5.69 Å². The van der Waals surface area contributed by atoms with Crippen molar-refractivity contribution in [3.05, 3.63) is 46.6 Å². The predicted molar refractivity (Wildman–Crippen MR) is 80.5 cm³/mol. The van der Waals surface area contributed by atoms with Gasteiger partial charge in [-0.2, -0.15) is 0 Å². The van der Waals surface area contributed by atoms with Gasteiger partial charge in [-0.25, -0.2) is 14.4 Å². The SMILES string of the molecule is CC1(C)OC(=O)C(=CNc2ccc(-c3noc(=O)[nH]3)cc2)C(=O)O1. The zero-order valence-electron chi connectivity index (χ0n) is 12.8. The fourth-order valence-electron chi connectivity index (χ4n) is 2.01. The standard InChI is InChI=1S/C15H13N3O6/c1-15(2)22-12(19)10(13(20)23-15)7-16-9-5-3-8(4-6-9)11-17-14(21)24-18-11/h3-7,16H,1-2H3,(H,17,18,21). The van der Waals surface area contributed by atoms with Gasteiger partial charge >= 0.3 is 17.7 Å². The third-order valence-corrected chi connectivity index (χ3v) is 3.10. The lowest BCUT2D eigenvalue weighted by atomic mass is 10.2. The Bertz CT molecular complexity index is 853. The first-order chi connectivity index (χ1) is 11.3. The fourth-order valence-corrected chi connectivity index (χ4v) is 2.01. The molecule has 1 aromatic heterocycles. The van der Waals surface area contributed by atoms with Gasteiger partial charge in [0, 0.05) is 31.3 Å². The molecule has 9 nitrogen and oxygen atoms in total. The Morgan fingerprint density at radius 1 is 1.08 bits per heavy atom. The molecule has 3 rings (SSSR count). The molecule has 1 aromatic carbocycles. The first kappa shape index (κ1) is 15.5. The van der Waals surface area contributed by atoms with Crippen LogP contribution in [-0.4, -0.2) is 27.9 Å². The highest BCUT2D eigenvalue weighted by atomic mass is 16.7. The van der Waals surface area contributed by atoms with Crippen molar-refractivity contribution in [3.8, 4) is 11.4 Å². The molecule has 0 amide bonds. The highest BCUT2D eigenvalue weighted by molar-refractivity contribution is 6.15. The van der Waals surface area contributed by atoms with Crippen molar-refractivity contribution in [1.82, 2.24) is 10.1 Å². The molecule has 1 saturated heterocycles. The molecule has 9 heteroatoms. The number of nitrogens with zero attached hydrogens (tertiary/aromatic N) is 1. The zero-order chi connectivity index (χ0) is 17.3. The van der Waals surface area contributed by atoms with Crippen LogP contribution in [0, 0.1) is 0 Å². The van der Waals surface area contributed by atoms with Crippen molar-refractivity contribution in [1.29, 1.82) is 0 Å². The summed E-state index contributed by atoms with van der Waals surface area (Å²) in [5, 5.41) is 6.38. The van der Waals surface area contributed by atoms with Gasteiger partial charge in [0.2, 0.25) is 0 Å². The van der Waals surface area contributed by atoms with Gasteiger partial charge in [-0.3, -0.25) is 9.51 Å². The number of anilines is 1. The monoisotopic (exact) mass is 331 g/mol. The number of carbonyl (C=O) groups is 2. The first-order valence-corrected chi connectivity index (χ1v) is 6.94. The molecule has 0 radical (unpaired) electrons. The highest BCUT2D eigenvalue weighted by Crippen LogP contribution is 2.23. The Morgan fingerprint density at radius 3 is 2.25 bits per heavy atom. The first-order valence-electron chi connectivity index (χ1n) is 6.94. The molecular weight excluding hydrogens is 318 g/mol. The average Bonchev–Trinajstić information content (AvgIpc) is 2.92. The molecule has 0 unspecified atom stereocenters. The Labute approximate surface area is 135 Å². The van der Waals surface area contributed by atoms with Crippen LogP contribution in [0.2, 0.25) is 0 Å². The molecule has 2 N–H and O–H groups in total. The van der Waals surface area contributed by atoms with Gasteiger partial charge in [-0.05, 0) is 24.3 Å². The van der Waals surface area contributed by atoms with E-state index >= 15 is 0 Å². The van der Waals surface area contributed by atoms with E-state index in [2.05, 4.69) is 20.0 Å². The Morgan fingerprint density at radius 2 is 1.71 bits per heavy atom. The Kier molecular flexibility index (Phi) is 3.68. The summed E-state index contributed by atoms with van der Waals surface area (Å²) in [5.41, 5.74) is 0.999. The van der Waals surface area contributed by atoms with Crippen LogP contribution >= 0.6 is 0 Å². The van der Waals surface area contributed by atoms with E-state index in [4.69, 9.17) is 9.47 Å². The molecule has 0 bridgehead atoms. The molecule has 1 aliphatic heterocycles. The van der Waals surface area contributed by atoms with Crippen molar-refractivity contribution in [3.63, 3.8) is 0 Å². The van der Waals surface area contributed by atoms with E-state index in [0.29, 0.717) is 17.1 Å². The summed E-state index contributed by atoms with van der Waals surface area (Å²) in [6.07, 6.45) is 1.22. The van der Waals surface area contributed by atoms with Gasteiger partial charge in [0.25, 0.3) is 5.79 Å². The van der Waals surface area contributed by atoms with Gasteiger partial charge in [0.05, 0.1) is 0 Å². The van der Waals surface area contributed by atoms with Crippen molar-refractivity contribution in [2.24, 2.45) is 0 Å². The molecule has 0 aliphatic carbocycles. The lowest BCUT2D eigenvalue weighted by Crippen LogP contribution is -2.42. The number of hydrogen-bond acceptors (Lipinski definition) is 8. The quantitative estimate of drug-likeness (QED) is 0.488. The molecule has 0 spiro atoms. The number of H-pyrrole nitrogens is 1. The third kappa shape index (κ3) is 3.19. The van der Waals surface area contributed by atoms with Crippen molar-refractivity contribution in [2.75, 3.05) is 5.32 Å². The molecule has 24 heavy (non-hydrogen) atoms. The van der Waals surface area contributed by atoms with E-state index in [1.807, 2.05) is 0 Å². The number of ether oxygens (including phenoxy) is 2. The van der Waals surface area contributed by atoms with E-state index in [9.17, 15) is 14.4 Å². The molecule has 2 heterocycles. The second-order valence-electron chi connectivity index (χ2n) is 5.40. The number of nitrogens with one attached hydrogen (secondary N) is 2. The van der Waals surface area contributed by atoms with E-state index < -0.39 is 23.5 Å². The normalized spacial score (nSPS) is 16.3. The average molecular weight is 331 g/mol. The molecule has 2 aromatic rings. The van der Waals surface area contributed by atoms with Gasteiger partial charge in [-0.15, -0.1) is 0 Å². The Hall–Kier alpha value is -3.36. The molecular formula is C15H13N3O6. The number of esters is 2. The van der Waals surface area contributed by atoms with Gasteiger partial charge < -0.3 is 14.8 Å². The van der Waals surface area contributed by atoms with Crippen LogP contribution in [0.1, 0.15) is 13.8 Å². The molecule has 0 atom stereocenters.